The summed E-state index contributed by atoms with van der Waals surface area (Å²) in [5.74, 6) is 0.309. The minimum absolute atomic E-state index is 0.309. The highest BCUT2D eigenvalue weighted by Crippen LogP contribution is 1.95. The van der Waals surface area contributed by atoms with Gasteiger partial charge < -0.3 is 5.73 Å². The van der Waals surface area contributed by atoms with Crippen molar-refractivity contribution in [1.29, 1.82) is 0 Å². The Labute approximate surface area is 63.7 Å². The van der Waals surface area contributed by atoms with E-state index in [1.807, 2.05) is 0 Å². The number of nitrogens with zero attached hydrogens (tertiary/aromatic N) is 2. The first-order chi connectivity index (χ1) is 4.84. The predicted molar refractivity (Wildman–Crippen MR) is 40.8 cm³/mol. The van der Waals surface area contributed by atoms with Gasteiger partial charge in [0.05, 0.1) is 0 Å². The molecule has 0 saturated carbocycles. The molecule has 0 fully saturated rings. The molecule has 4 heteroatoms. The van der Waals surface area contributed by atoms with Gasteiger partial charge in [-0.05, 0) is 12.1 Å². The Morgan fingerprint density at radius 1 is 1.50 bits per heavy atom. The van der Waals surface area contributed by atoms with Crippen molar-refractivity contribution in [3.05, 3.63) is 30.1 Å². The van der Waals surface area contributed by atoms with Crippen molar-refractivity contribution in [3.8, 4) is 0 Å². The first-order valence-electron chi connectivity index (χ1n) is 2.69. The van der Waals surface area contributed by atoms with Crippen LogP contribution in [0.5, 0.6) is 0 Å². The van der Waals surface area contributed by atoms with E-state index in [2.05, 4.69) is 9.50 Å². The summed E-state index contributed by atoms with van der Waals surface area (Å²) in [5, 5.41) is 0. The second-order valence-corrected chi connectivity index (χ2v) is 1.87. The first-order valence-corrected chi connectivity index (χ1v) is 3.03. The lowest BCUT2D eigenvalue weighted by Gasteiger charge is -1.94. The molecule has 0 aliphatic heterocycles. The van der Waals surface area contributed by atoms with Crippen LogP contribution >= 0.6 is 11.8 Å². The number of halogens is 1. The molecule has 0 amide bonds. The Hall–Kier alpha value is -1.09. The van der Waals surface area contributed by atoms with Gasteiger partial charge >= 0.3 is 0 Å². The van der Waals surface area contributed by atoms with Crippen LogP contribution in [0.3, 0.4) is 0 Å². The van der Waals surface area contributed by atoms with Gasteiger partial charge in [0.2, 0.25) is 0 Å². The molecule has 0 unspecified atom stereocenters. The zero-order valence-corrected chi connectivity index (χ0v) is 5.92. The highest BCUT2D eigenvalue weighted by Gasteiger charge is 1.93. The van der Waals surface area contributed by atoms with Crippen LogP contribution in [0.1, 0.15) is 5.56 Å². The summed E-state index contributed by atoms with van der Waals surface area (Å²) in [4.78, 5) is 3.81. The number of rotatable bonds is 1. The van der Waals surface area contributed by atoms with Gasteiger partial charge in [-0.1, -0.05) is 0 Å². The maximum absolute atomic E-state index is 5.38. The Morgan fingerprint density at radius 2 is 2.10 bits per heavy atom. The van der Waals surface area contributed by atoms with Crippen LogP contribution < -0.4 is 5.73 Å². The molecule has 0 atom stereocenters. The summed E-state index contributed by atoms with van der Waals surface area (Å²) in [6, 6.07) is 3.47. The zero-order valence-electron chi connectivity index (χ0n) is 5.16. The Balaban J connectivity index is 2.96. The van der Waals surface area contributed by atoms with E-state index in [-0.39, 0.29) is 0 Å². The normalized spacial score (nSPS) is 11.5. The maximum Gasteiger partial charge on any atom is 0.145 e. The molecule has 2 N–H and O–H groups in total. The van der Waals surface area contributed by atoms with E-state index in [1.54, 1.807) is 24.5 Å². The Morgan fingerprint density at radius 3 is 2.60 bits per heavy atom. The number of hydrogen-bond donors (Lipinski definition) is 1. The largest absolute Gasteiger partial charge is 0.382 e. The molecule has 0 radical (unpaired) electrons. The highest BCUT2D eigenvalue weighted by atomic mass is 35.5. The first kappa shape index (κ1) is 7.02. The quantitative estimate of drug-likeness (QED) is 0.485. The fourth-order valence-electron chi connectivity index (χ4n) is 0.571. The van der Waals surface area contributed by atoms with Crippen LogP contribution in [0.15, 0.2) is 29.0 Å². The van der Waals surface area contributed by atoms with Gasteiger partial charge in [-0.2, -0.15) is 4.51 Å². The molecule has 0 aliphatic rings. The summed E-state index contributed by atoms with van der Waals surface area (Å²) in [5.41, 5.74) is 6.17. The van der Waals surface area contributed by atoms with Gasteiger partial charge in [0.15, 0.2) is 0 Å². The molecule has 1 aromatic heterocycles. The van der Waals surface area contributed by atoms with E-state index in [0.29, 0.717) is 5.84 Å². The number of nitrogens with two attached hydrogens (primary N) is 1. The number of amidine groups is 1. The van der Waals surface area contributed by atoms with E-state index in [4.69, 9.17) is 17.5 Å². The van der Waals surface area contributed by atoms with Crippen LogP contribution in [0.4, 0.5) is 0 Å². The molecule has 0 bridgehead atoms. The summed E-state index contributed by atoms with van der Waals surface area (Å²) < 4.78 is 3.30. The van der Waals surface area contributed by atoms with Crippen molar-refractivity contribution >= 4 is 17.6 Å². The van der Waals surface area contributed by atoms with Crippen molar-refractivity contribution in [3.63, 3.8) is 0 Å². The van der Waals surface area contributed by atoms with E-state index < -0.39 is 0 Å². The van der Waals surface area contributed by atoms with E-state index in [0.717, 1.165) is 5.56 Å². The molecule has 0 spiro atoms. The lowest BCUT2D eigenvalue weighted by atomic mass is 10.2. The fourth-order valence-corrected chi connectivity index (χ4v) is 0.669. The third kappa shape index (κ3) is 1.45. The Kier molecular flexibility index (Phi) is 2.23. The standard InChI is InChI=1S/C6H6ClN3/c7-10-6(8)5-1-3-9-4-2-5/h1-4H,(H2,8,10). The molecule has 3 nitrogen and oxygen atoms in total. The minimum atomic E-state index is 0.309. The van der Waals surface area contributed by atoms with Gasteiger partial charge in [-0.3, -0.25) is 4.98 Å². The van der Waals surface area contributed by atoms with E-state index >= 15 is 0 Å². The van der Waals surface area contributed by atoms with Crippen LogP contribution in [0.2, 0.25) is 0 Å². The lowest BCUT2D eigenvalue weighted by Crippen LogP contribution is -2.11. The van der Waals surface area contributed by atoms with Crippen LogP contribution in [0, 0.1) is 0 Å². The van der Waals surface area contributed by atoms with Crippen molar-refractivity contribution in [2.75, 3.05) is 0 Å². The molecule has 1 rings (SSSR count). The zero-order chi connectivity index (χ0) is 7.40. The predicted octanol–water partition coefficient (Wildman–Crippen LogP) is 0.941. The summed E-state index contributed by atoms with van der Waals surface area (Å²) in [6.07, 6.45) is 3.26. The topological polar surface area (TPSA) is 51.3 Å². The minimum Gasteiger partial charge on any atom is -0.382 e. The van der Waals surface area contributed by atoms with Crippen molar-refractivity contribution in [1.82, 2.24) is 4.98 Å². The third-order valence-electron chi connectivity index (χ3n) is 1.07. The average Bonchev–Trinajstić information content (AvgIpc) is 2.05. The molecule has 52 valence electrons. The van der Waals surface area contributed by atoms with Crippen LogP contribution in [-0.4, -0.2) is 10.8 Å². The molecule has 0 aromatic carbocycles. The number of aromatic nitrogens is 1. The molecular weight excluding hydrogens is 150 g/mol. The van der Waals surface area contributed by atoms with E-state index in [1.165, 1.54) is 0 Å². The second kappa shape index (κ2) is 3.17. The number of pyridine rings is 1. The third-order valence-corrected chi connectivity index (χ3v) is 1.25. The van der Waals surface area contributed by atoms with Gasteiger partial charge in [-0.25, -0.2) is 0 Å². The smallest absolute Gasteiger partial charge is 0.145 e. The molecule has 10 heavy (non-hydrogen) atoms. The monoisotopic (exact) mass is 155 g/mol. The van der Waals surface area contributed by atoms with Crippen molar-refractivity contribution in [2.45, 2.75) is 0 Å². The average molecular weight is 156 g/mol. The van der Waals surface area contributed by atoms with Crippen LogP contribution in [0.25, 0.3) is 0 Å². The molecule has 0 aliphatic carbocycles. The summed E-state index contributed by atoms with van der Waals surface area (Å²) in [6.45, 7) is 0. The van der Waals surface area contributed by atoms with Crippen molar-refractivity contribution in [2.24, 2.45) is 10.2 Å². The fraction of sp³-hybridized carbons (Fsp3) is 0. The summed E-state index contributed by atoms with van der Waals surface area (Å²) in [7, 11) is 0. The molecule has 1 aromatic rings. The van der Waals surface area contributed by atoms with Crippen molar-refractivity contribution < 1.29 is 0 Å². The van der Waals surface area contributed by atoms with E-state index in [9.17, 15) is 0 Å². The molecular formula is C6H6ClN3. The Bertz CT molecular complexity index is 232. The number of hydrogen-bond acceptors (Lipinski definition) is 2. The van der Waals surface area contributed by atoms with Gasteiger partial charge in [0.25, 0.3) is 0 Å². The lowest BCUT2D eigenvalue weighted by molar-refractivity contribution is 1.32. The highest BCUT2D eigenvalue weighted by molar-refractivity contribution is 6.21. The second-order valence-electron chi connectivity index (χ2n) is 1.71. The maximum atomic E-state index is 5.38. The molecule has 1 heterocycles. The van der Waals surface area contributed by atoms with Gasteiger partial charge in [-0.15, -0.1) is 0 Å². The molecule has 0 saturated heterocycles. The van der Waals surface area contributed by atoms with Gasteiger partial charge in [0.1, 0.15) is 5.84 Å². The van der Waals surface area contributed by atoms with Crippen LogP contribution in [-0.2, 0) is 0 Å². The SMILES string of the molecule is NC(=NCl)c1ccncc1. The summed E-state index contributed by atoms with van der Waals surface area (Å²) >= 11 is 5.13. The van der Waals surface area contributed by atoms with Gasteiger partial charge in [0, 0.05) is 29.7 Å².